The van der Waals surface area contributed by atoms with E-state index in [9.17, 15) is 9.59 Å². The molecule has 0 bridgehead atoms. The number of nitrogens with zero attached hydrogens (tertiary/aromatic N) is 2. The summed E-state index contributed by atoms with van der Waals surface area (Å²) in [6, 6.07) is 0. The van der Waals surface area contributed by atoms with Crippen molar-refractivity contribution < 1.29 is 19.1 Å². The van der Waals surface area contributed by atoms with Gasteiger partial charge in [0.1, 0.15) is 0 Å². The molecule has 3 aliphatic heterocycles. The lowest BCUT2D eigenvalue weighted by Crippen LogP contribution is -2.44. The zero-order valence-corrected chi connectivity index (χ0v) is 13.7. The third kappa shape index (κ3) is 4.65. The molecule has 7 nitrogen and oxygen atoms in total. The zero-order valence-electron chi connectivity index (χ0n) is 13.7. The highest BCUT2D eigenvalue weighted by Gasteiger charge is 2.32. The first kappa shape index (κ1) is 16.7. The van der Waals surface area contributed by atoms with Gasteiger partial charge in [-0.25, -0.2) is 0 Å². The normalized spacial score (nSPS) is 29.0. The maximum atomic E-state index is 12.5. The van der Waals surface area contributed by atoms with Crippen molar-refractivity contribution in [2.45, 2.75) is 25.4 Å². The van der Waals surface area contributed by atoms with Crippen molar-refractivity contribution in [2.24, 2.45) is 5.92 Å². The van der Waals surface area contributed by atoms with Crippen molar-refractivity contribution in [3.05, 3.63) is 0 Å². The lowest BCUT2D eigenvalue weighted by atomic mass is 10.1. The molecule has 0 aromatic rings. The highest BCUT2D eigenvalue weighted by molar-refractivity contribution is 5.80. The molecule has 2 amide bonds. The topological polar surface area (TPSA) is 71.1 Å². The second-order valence-electron chi connectivity index (χ2n) is 6.60. The van der Waals surface area contributed by atoms with E-state index >= 15 is 0 Å². The van der Waals surface area contributed by atoms with Crippen LogP contribution in [0.4, 0.5) is 0 Å². The summed E-state index contributed by atoms with van der Waals surface area (Å²) in [6.45, 7) is 5.92. The number of nitrogens with one attached hydrogen (secondary N) is 1. The summed E-state index contributed by atoms with van der Waals surface area (Å²) in [6.07, 6.45) is 3.13. The molecule has 0 aliphatic carbocycles. The smallest absolute Gasteiger partial charge is 0.234 e. The lowest BCUT2D eigenvalue weighted by Gasteiger charge is -2.29. The number of morpholine rings is 1. The number of carbonyl (C=O) groups is 2. The molecule has 0 saturated carbocycles. The summed E-state index contributed by atoms with van der Waals surface area (Å²) in [5.41, 5.74) is 0. The van der Waals surface area contributed by atoms with E-state index in [0.717, 1.165) is 32.4 Å². The van der Waals surface area contributed by atoms with Gasteiger partial charge in [0.05, 0.1) is 31.8 Å². The zero-order chi connectivity index (χ0) is 16.1. The van der Waals surface area contributed by atoms with Crippen LogP contribution in [0.3, 0.4) is 0 Å². The molecule has 0 radical (unpaired) electrons. The molecule has 1 N–H and O–H groups in total. The lowest BCUT2D eigenvalue weighted by molar-refractivity contribution is -0.139. The van der Waals surface area contributed by atoms with Crippen LogP contribution in [0.1, 0.15) is 19.3 Å². The van der Waals surface area contributed by atoms with E-state index in [0.29, 0.717) is 45.9 Å². The van der Waals surface area contributed by atoms with Gasteiger partial charge >= 0.3 is 0 Å². The van der Waals surface area contributed by atoms with Crippen LogP contribution in [0.2, 0.25) is 0 Å². The Morgan fingerprint density at radius 2 is 1.91 bits per heavy atom. The van der Waals surface area contributed by atoms with Gasteiger partial charge in [-0.05, 0) is 25.8 Å². The van der Waals surface area contributed by atoms with Crippen LogP contribution in [0.15, 0.2) is 0 Å². The molecule has 7 heteroatoms. The molecule has 23 heavy (non-hydrogen) atoms. The molecule has 2 atom stereocenters. The van der Waals surface area contributed by atoms with Crippen LogP contribution in [0.25, 0.3) is 0 Å². The van der Waals surface area contributed by atoms with E-state index in [1.807, 2.05) is 4.90 Å². The molecule has 130 valence electrons. The molecule has 3 fully saturated rings. The standard InChI is InChI=1S/C16H27N3O4/c20-15(17-10-14-2-1-7-23-14)12-18-4-3-13(11-18)16(21)19-5-8-22-9-6-19/h13-14H,1-12H2,(H,17,20). The van der Waals surface area contributed by atoms with Crippen LogP contribution in [0.5, 0.6) is 0 Å². The fourth-order valence-corrected chi connectivity index (χ4v) is 3.51. The summed E-state index contributed by atoms with van der Waals surface area (Å²) in [4.78, 5) is 28.4. The first-order valence-corrected chi connectivity index (χ1v) is 8.69. The van der Waals surface area contributed by atoms with E-state index in [-0.39, 0.29) is 23.8 Å². The van der Waals surface area contributed by atoms with E-state index in [2.05, 4.69) is 10.2 Å². The van der Waals surface area contributed by atoms with Crippen molar-refractivity contribution >= 4 is 11.8 Å². The Hall–Kier alpha value is -1.18. The first-order valence-electron chi connectivity index (χ1n) is 8.69. The van der Waals surface area contributed by atoms with Gasteiger partial charge in [-0.2, -0.15) is 0 Å². The molecule has 0 spiro atoms. The Bertz CT molecular complexity index is 420. The molecule has 2 unspecified atom stereocenters. The van der Waals surface area contributed by atoms with Crippen LogP contribution in [-0.2, 0) is 19.1 Å². The predicted molar refractivity (Wildman–Crippen MR) is 83.9 cm³/mol. The molecule has 3 heterocycles. The first-order chi connectivity index (χ1) is 11.2. The minimum Gasteiger partial charge on any atom is -0.378 e. The number of likely N-dealkylation sites (tertiary alicyclic amines) is 1. The summed E-state index contributed by atoms with van der Waals surface area (Å²) in [7, 11) is 0. The summed E-state index contributed by atoms with van der Waals surface area (Å²) in [5.74, 6) is 0.273. The second kappa shape index (κ2) is 8.08. The largest absolute Gasteiger partial charge is 0.378 e. The van der Waals surface area contributed by atoms with Crippen molar-refractivity contribution in [2.75, 3.05) is 59.1 Å². The van der Waals surface area contributed by atoms with Crippen molar-refractivity contribution in [3.63, 3.8) is 0 Å². The SMILES string of the molecule is O=C(CN1CCC(C(=O)N2CCOCC2)C1)NCC1CCCO1. The maximum absolute atomic E-state index is 12.5. The van der Waals surface area contributed by atoms with Gasteiger partial charge in [0.25, 0.3) is 0 Å². The second-order valence-corrected chi connectivity index (χ2v) is 6.60. The number of ether oxygens (including phenoxy) is 2. The van der Waals surface area contributed by atoms with Gasteiger partial charge in [0.2, 0.25) is 11.8 Å². The monoisotopic (exact) mass is 325 g/mol. The fourth-order valence-electron chi connectivity index (χ4n) is 3.51. The Kier molecular flexibility index (Phi) is 5.85. The van der Waals surface area contributed by atoms with Gasteiger partial charge in [-0.3, -0.25) is 14.5 Å². The van der Waals surface area contributed by atoms with Crippen LogP contribution in [-0.4, -0.2) is 86.8 Å². The third-order valence-electron chi connectivity index (χ3n) is 4.86. The highest BCUT2D eigenvalue weighted by atomic mass is 16.5. The average Bonchev–Trinajstić information content (AvgIpc) is 3.25. The summed E-state index contributed by atoms with van der Waals surface area (Å²) in [5, 5.41) is 2.94. The Morgan fingerprint density at radius 3 is 2.65 bits per heavy atom. The van der Waals surface area contributed by atoms with Crippen molar-refractivity contribution in [1.29, 1.82) is 0 Å². The number of amides is 2. The molecule has 3 aliphatic rings. The molecule has 3 rings (SSSR count). The van der Waals surface area contributed by atoms with Gasteiger partial charge in [0.15, 0.2) is 0 Å². The van der Waals surface area contributed by atoms with Crippen LogP contribution in [0, 0.1) is 5.92 Å². The van der Waals surface area contributed by atoms with Crippen molar-refractivity contribution in [1.82, 2.24) is 15.1 Å². The number of carbonyl (C=O) groups excluding carboxylic acids is 2. The van der Waals surface area contributed by atoms with E-state index < -0.39 is 0 Å². The van der Waals surface area contributed by atoms with Crippen LogP contribution >= 0.6 is 0 Å². The van der Waals surface area contributed by atoms with E-state index in [4.69, 9.17) is 9.47 Å². The third-order valence-corrected chi connectivity index (χ3v) is 4.86. The average molecular weight is 325 g/mol. The van der Waals surface area contributed by atoms with Crippen molar-refractivity contribution in [3.8, 4) is 0 Å². The van der Waals surface area contributed by atoms with Gasteiger partial charge in [-0.15, -0.1) is 0 Å². The summed E-state index contributed by atoms with van der Waals surface area (Å²) < 4.78 is 10.8. The van der Waals surface area contributed by atoms with Crippen LogP contribution < -0.4 is 5.32 Å². The van der Waals surface area contributed by atoms with E-state index in [1.54, 1.807) is 0 Å². The Labute approximate surface area is 137 Å². The fraction of sp³-hybridized carbons (Fsp3) is 0.875. The Balaban J connectivity index is 1.37. The number of hydrogen-bond acceptors (Lipinski definition) is 5. The number of rotatable bonds is 5. The predicted octanol–water partition coefficient (Wildman–Crippen LogP) is -0.538. The minimum absolute atomic E-state index is 0.0269. The van der Waals surface area contributed by atoms with Gasteiger partial charge in [0, 0.05) is 32.8 Å². The number of hydrogen-bond donors (Lipinski definition) is 1. The maximum Gasteiger partial charge on any atom is 0.234 e. The van der Waals surface area contributed by atoms with Gasteiger partial charge in [-0.1, -0.05) is 0 Å². The summed E-state index contributed by atoms with van der Waals surface area (Å²) >= 11 is 0. The minimum atomic E-state index is 0.0269. The molecule has 0 aromatic heterocycles. The highest BCUT2D eigenvalue weighted by Crippen LogP contribution is 2.19. The van der Waals surface area contributed by atoms with Gasteiger partial charge < -0.3 is 19.7 Å². The molecular weight excluding hydrogens is 298 g/mol. The quantitative estimate of drug-likeness (QED) is 0.735. The Morgan fingerprint density at radius 1 is 1.09 bits per heavy atom. The molecule has 0 aromatic carbocycles. The molecule has 3 saturated heterocycles. The van der Waals surface area contributed by atoms with E-state index in [1.165, 1.54) is 0 Å². The molecular formula is C16H27N3O4.